The summed E-state index contributed by atoms with van der Waals surface area (Å²) in [4.78, 5) is 0. The molecule has 1 aliphatic rings. The fraction of sp³-hybridized carbons (Fsp3) is 0.727. The molecule has 2 N–H and O–H groups in total. The largest absolute Gasteiger partial charge is 0.381 e. The quantitative estimate of drug-likeness (QED) is 0.871. The first-order valence-corrected chi connectivity index (χ1v) is 5.91. The zero-order chi connectivity index (χ0) is 11.8. The van der Waals surface area contributed by atoms with Crippen molar-refractivity contribution in [2.45, 2.75) is 19.8 Å². The molecule has 4 nitrogen and oxygen atoms in total. The fourth-order valence-corrected chi connectivity index (χ4v) is 2.51. The molecule has 1 fully saturated rings. The van der Waals surface area contributed by atoms with E-state index >= 15 is 0 Å². The Hall–Kier alpha value is -0.580. The van der Waals surface area contributed by atoms with Gasteiger partial charge in [0.25, 0.3) is 0 Å². The van der Waals surface area contributed by atoms with Crippen molar-refractivity contribution in [3.63, 3.8) is 0 Å². The summed E-state index contributed by atoms with van der Waals surface area (Å²) in [6.45, 7) is 4.15. The van der Waals surface area contributed by atoms with Crippen LogP contribution in [0.5, 0.6) is 0 Å². The number of aryl methyl sites for hydroxylation is 2. The first-order chi connectivity index (χ1) is 7.58. The van der Waals surface area contributed by atoms with Gasteiger partial charge in [0.2, 0.25) is 0 Å². The number of rotatable bonds is 3. The van der Waals surface area contributed by atoms with Crippen LogP contribution in [0.1, 0.15) is 17.7 Å². The monoisotopic (exact) mass is 243 g/mol. The van der Waals surface area contributed by atoms with Crippen LogP contribution in [0.2, 0.25) is 5.15 Å². The van der Waals surface area contributed by atoms with Crippen LogP contribution >= 0.6 is 11.6 Å². The van der Waals surface area contributed by atoms with Gasteiger partial charge < -0.3 is 10.5 Å². The minimum Gasteiger partial charge on any atom is -0.381 e. The molecule has 0 radical (unpaired) electrons. The number of nitrogens with zero attached hydrogens (tertiary/aromatic N) is 2. The van der Waals surface area contributed by atoms with Crippen LogP contribution in [0.3, 0.4) is 0 Å². The molecule has 0 spiro atoms. The first-order valence-electron chi connectivity index (χ1n) is 5.54. The number of halogens is 1. The Morgan fingerprint density at radius 1 is 1.62 bits per heavy atom. The van der Waals surface area contributed by atoms with Gasteiger partial charge in [-0.2, -0.15) is 5.10 Å². The molecule has 1 aliphatic heterocycles. The van der Waals surface area contributed by atoms with Crippen LogP contribution in [0, 0.1) is 12.3 Å². The predicted molar refractivity (Wildman–Crippen MR) is 63.6 cm³/mol. The van der Waals surface area contributed by atoms with Crippen LogP contribution in [0.25, 0.3) is 0 Å². The summed E-state index contributed by atoms with van der Waals surface area (Å²) in [5.41, 5.74) is 8.03. The van der Waals surface area contributed by atoms with Gasteiger partial charge in [-0.1, -0.05) is 11.6 Å². The van der Waals surface area contributed by atoms with Crippen LogP contribution in [-0.2, 0) is 18.2 Å². The van der Waals surface area contributed by atoms with Crippen molar-refractivity contribution in [3.05, 3.63) is 16.4 Å². The van der Waals surface area contributed by atoms with Gasteiger partial charge in [0, 0.05) is 31.2 Å². The summed E-state index contributed by atoms with van der Waals surface area (Å²) in [5, 5.41) is 5.04. The highest BCUT2D eigenvalue weighted by Crippen LogP contribution is 2.34. The van der Waals surface area contributed by atoms with E-state index in [1.807, 2.05) is 14.0 Å². The van der Waals surface area contributed by atoms with E-state index in [0.29, 0.717) is 6.54 Å². The van der Waals surface area contributed by atoms with E-state index in [1.54, 1.807) is 4.68 Å². The second kappa shape index (κ2) is 4.35. The Morgan fingerprint density at radius 3 is 2.81 bits per heavy atom. The van der Waals surface area contributed by atoms with Gasteiger partial charge in [-0.3, -0.25) is 4.68 Å². The van der Waals surface area contributed by atoms with Crippen molar-refractivity contribution < 1.29 is 4.74 Å². The van der Waals surface area contributed by atoms with Crippen molar-refractivity contribution in [2.75, 3.05) is 19.8 Å². The molecular formula is C11H18ClN3O. The van der Waals surface area contributed by atoms with Crippen LogP contribution in [0.15, 0.2) is 0 Å². The van der Waals surface area contributed by atoms with E-state index in [2.05, 4.69) is 5.10 Å². The Labute approximate surface area is 101 Å². The zero-order valence-corrected chi connectivity index (χ0v) is 10.5. The van der Waals surface area contributed by atoms with Gasteiger partial charge in [-0.15, -0.1) is 0 Å². The highest BCUT2D eigenvalue weighted by molar-refractivity contribution is 6.30. The Kier molecular flexibility index (Phi) is 3.24. The molecule has 90 valence electrons. The lowest BCUT2D eigenvalue weighted by Crippen LogP contribution is -2.33. The molecule has 0 amide bonds. The summed E-state index contributed by atoms with van der Waals surface area (Å²) in [7, 11) is 1.86. The minimum absolute atomic E-state index is 0.0530. The molecule has 0 saturated carbocycles. The second-order valence-corrected chi connectivity index (χ2v) is 5.02. The molecule has 2 rings (SSSR count). The lowest BCUT2D eigenvalue weighted by molar-refractivity contribution is 0.154. The van der Waals surface area contributed by atoms with Gasteiger partial charge in [0.15, 0.2) is 0 Å². The molecule has 1 aromatic heterocycles. The molecule has 0 aromatic carbocycles. The van der Waals surface area contributed by atoms with Crippen LogP contribution in [-0.4, -0.2) is 29.5 Å². The third kappa shape index (κ3) is 1.97. The summed E-state index contributed by atoms with van der Waals surface area (Å²) >= 11 is 6.23. The molecule has 1 aromatic rings. The van der Waals surface area contributed by atoms with Crippen molar-refractivity contribution >= 4 is 11.6 Å². The predicted octanol–water partition coefficient (Wildman–Crippen LogP) is 1.29. The number of ether oxygens (including phenoxy) is 1. The maximum absolute atomic E-state index is 6.23. The minimum atomic E-state index is 0.0530. The van der Waals surface area contributed by atoms with E-state index in [-0.39, 0.29) is 5.41 Å². The van der Waals surface area contributed by atoms with Crippen molar-refractivity contribution in [1.82, 2.24) is 9.78 Å². The molecular weight excluding hydrogens is 226 g/mol. The molecule has 0 aliphatic carbocycles. The van der Waals surface area contributed by atoms with Crippen LogP contribution in [0.4, 0.5) is 0 Å². The summed E-state index contributed by atoms with van der Waals surface area (Å²) in [6.07, 6.45) is 1.87. The lowest BCUT2D eigenvalue weighted by atomic mass is 9.81. The highest BCUT2D eigenvalue weighted by Gasteiger charge is 2.35. The molecule has 0 bridgehead atoms. The SMILES string of the molecule is Cc1nn(C)c(Cl)c1CC1(CN)CCOC1. The Bertz CT molecular complexity index is 383. The molecule has 16 heavy (non-hydrogen) atoms. The molecule has 1 unspecified atom stereocenters. The molecule has 1 saturated heterocycles. The third-order valence-corrected chi connectivity index (χ3v) is 3.91. The number of aromatic nitrogens is 2. The van der Waals surface area contributed by atoms with E-state index in [1.165, 1.54) is 0 Å². The molecule has 2 heterocycles. The van der Waals surface area contributed by atoms with Gasteiger partial charge in [-0.05, 0) is 19.8 Å². The van der Waals surface area contributed by atoms with Crippen LogP contribution < -0.4 is 5.73 Å². The first kappa shape index (κ1) is 11.9. The molecule has 5 heteroatoms. The van der Waals surface area contributed by atoms with Gasteiger partial charge in [0.1, 0.15) is 5.15 Å². The standard InChI is InChI=1S/C11H18ClN3O/c1-8-9(10(12)15(2)14-8)5-11(6-13)3-4-16-7-11/h3-7,13H2,1-2H3. The van der Waals surface area contributed by atoms with E-state index < -0.39 is 0 Å². The van der Waals surface area contributed by atoms with E-state index in [9.17, 15) is 0 Å². The molecule has 1 atom stereocenters. The van der Waals surface area contributed by atoms with E-state index in [0.717, 1.165) is 42.5 Å². The number of hydrogen-bond acceptors (Lipinski definition) is 3. The number of hydrogen-bond donors (Lipinski definition) is 1. The summed E-state index contributed by atoms with van der Waals surface area (Å²) in [6, 6.07) is 0. The van der Waals surface area contributed by atoms with Gasteiger partial charge in [-0.25, -0.2) is 0 Å². The average Bonchev–Trinajstić information content (AvgIpc) is 2.81. The van der Waals surface area contributed by atoms with Crippen molar-refractivity contribution in [1.29, 1.82) is 0 Å². The normalized spacial score (nSPS) is 25.2. The lowest BCUT2D eigenvalue weighted by Gasteiger charge is -2.25. The smallest absolute Gasteiger partial charge is 0.130 e. The average molecular weight is 244 g/mol. The fourth-order valence-electron chi connectivity index (χ4n) is 2.27. The summed E-state index contributed by atoms with van der Waals surface area (Å²) in [5.74, 6) is 0. The van der Waals surface area contributed by atoms with Crippen molar-refractivity contribution in [2.24, 2.45) is 18.2 Å². The zero-order valence-electron chi connectivity index (χ0n) is 9.79. The topological polar surface area (TPSA) is 53.1 Å². The van der Waals surface area contributed by atoms with Gasteiger partial charge >= 0.3 is 0 Å². The maximum atomic E-state index is 6.23. The summed E-state index contributed by atoms with van der Waals surface area (Å²) < 4.78 is 7.17. The Morgan fingerprint density at radius 2 is 2.38 bits per heavy atom. The number of nitrogens with two attached hydrogens (primary N) is 1. The maximum Gasteiger partial charge on any atom is 0.130 e. The van der Waals surface area contributed by atoms with Gasteiger partial charge in [0.05, 0.1) is 12.3 Å². The highest BCUT2D eigenvalue weighted by atomic mass is 35.5. The Balaban J connectivity index is 2.25. The second-order valence-electron chi connectivity index (χ2n) is 4.66. The third-order valence-electron chi connectivity index (χ3n) is 3.44. The van der Waals surface area contributed by atoms with E-state index in [4.69, 9.17) is 22.1 Å². The van der Waals surface area contributed by atoms with Crippen molar-refractivity contribution in [3.8, 4) is 0 Å².